The van der Waals surface area contributed by atoms with Gasteiger partial charge in [0, 0.05) is 32.9 Å². The molecule has 138 valence electrons. The zero-order valence-electron chi connectivity index (χ0n) is 15.8. The molecule has 1 aliphatic heterocycles. The standard InChI is InChI=1S/C19H26N6O/c1-13-7-8-15(11-14(13)2)21-19(26)22-16-12-20-18(23-17(16)24(3)4)25-9-5-6-10-25/h7-8,11-12H,5-6,9-10H2,1-4H3,(H2,21,22,26). The third-order valence-corrected chi connectivity index (χ3v) is 4.58. The van der Waals surface area contributed by atoms with Crippen molar-refractivity contribution in [3.05, 3.63) is 35.5 Å². The molecule has 0 saturated carbocycles. The monoisotopic (exact) mass is 354 g/mol. The average Bonchev–Trinajstić information content (AvgIpc) is 3.13. The van der Waals surface area contributed by atoms with Crippen molar-refractivity contribution in [3.8, 4) is 0 Å². The molecule has 2 heterocycles. The van der Waals surface area contributed by atoms with Gasteiger partial charge in [-0.1, -0.05) is 6.07 Å². The van der Waals surface area contributed by atoms with E-state index < -0.39 is 0 Å². The summed E-state index contributed by atoms with van der Waals surface area (Å²) in [6.07, 6.45) is 4.01. The number of nitrogens with zero attached hydrogens (tertiary/aromatic N) is 4. The first-order valence-electron chi connectivity index (χ1n) is 8.88. The van der Waals surface area contributed by atoms with Crippen LogP contribution in [0.15, 0.2) is 24.4 Å². The van der Waals surface area contributed by atoms with E-state index in [9.17, 15) is 4.79 Å². The summed E-state index contributed by atoms with van der Waals surface area (Å²) in [5.74, 6) is 1.41. The number of carbonyl (C=O) groups excluding carboxylic acids is 1. The maximum Gasteiger partial charge on any atom is 0.323 e. The van der Waals surface area contributed by atoms with Gasteiger partial charge in [-0.3, -0.25) is 0 Å². The maximum atomic E-state index is 12.4. The normalized spacial score (nSPS) is 13.6. The molecule has 7 nitrogen and oxygen atoms in total. The highest BCUT2D eigenvalue weighted by molar-refractivity contribution is 6.01. The first-order chi connectivity index (χ1) is 12.4. The molecule has 1 saturated heterocycles. The first kappa shape index (κ1) is 18.0. The van der Waals surface area contributed by atoms with Crippen LogP contribution in [0.25, 0.3) is 0 Å². The molecule has 3 rings (SSSR count). The Morgan fingerprint density at radius 3 is 2.50 bits per heavy atom. The second kappa shape index (κ2) is 7.59. The number of aryl methyl sites for hydroxylation is 2. The van der Waals surface area contributed by atoms with Crippen molar-refractivity contribution in [1.82, 2.24) is 9.97 Å². The van der Waals surface area contributed by atoms with Gasteiger partial charge in [0.05, 0.1) is 6.20 Å². The van der Waals surface area contributed by atoms with Crippen LogP contribution >= 0.6 is 0 Å². The van der Waals surface area contributed by atoms with E-state index in [1.165, 1.54) is 18.4 Å². The summed E-state index contributed by atoms with van der Waals surface area (Å²) < 4.78 is 0. The molecule has 2 aromatic rings. The van der Waals surface area contributed by atoms with Gasteiger partial charge in [-0.15, -0.1) is 0 Å². The Balaban J connectivity index is 1.75. The Hall–Kier alpha value is -2.83. The minimum absolute atomic E-state index is 0.311. The van der Waals surface area contributed by atoms with Crippen molar-refractivity contribution in [2.75, 3.05) is 47.6 Å². The van der Waals surface area contributed by atoms with Gasteiger partial charge in [0.25, 0.3) is 0 Å². The Morgan fingerprint density at radius 1 is 1.12 bits per heavy atom. The van der Waals surface area contributed by atoms with Gasteiger partial charge in [0.2, 0.25) is 5.95 Å². The van der Waals surface area contributed by atoms with Crippen molar-refractivity contribution in [2.45, 2.75) is 26.7 Å². The number of carbonyl (C=O) groups is 1. The molecule has 0 atom stereocenters. The Labute approximate surface area is 154 Å². The number of aromatic nitrogens is 2. The van der Waals surface area contributed by atoms with Gasteiger partial charge in [-0.25, -0.2) is 9.78 Å². The van der Waals surface area contributed by atoms with E-state index in [0.717, 1.165) is 24.3 Å². The van der Waals surface area contributed by atoms with Gasteiger partial charge in [0.1, 0.15) is 5.69 Å². The zero-order chi connectivity index (χ0) is 18.7. The zero-order valence-corrected chi connectivity index (χ0v) is 15.8. The summed E-state index contributed by atoms with van der Waals surface area (Å²) in [4.78, 5) is 25.5. The lowest BCUT2D eigenvalue weighted by atomic mass is 10.1. The van der Waals surface area contributed by atoms with Crippen molar-refractivity contribution < 1.29 is 4.79 Å². The Morgan fingerprint density at radius 2 is 1.85 bits per heavy atom. The number of benzene rings is 1. The summed E-state index contributed by atoms with van der Waals surface area (Å²) in [5.41, 5.74) is 3.66. The molecule has 0 spiro atoms. The first-order valence-corrected chi connectivity index (χ1v) is 8.88. The predicted molar refractivity (Wildman–Crippen MR) is 106 cm³/mol. The molecular weight excluding hydrogens is 328 g/mol. The average molecular weight is 354 g/mol. The topological polar surface area (TPSA) is 73.4 Å². The lowest BCUT2D eigenvalue weighted by molar-refractivity contribution is 0.262. The second-order valence-electron chi connectivity index (χ2n) is 6.87. The van der Waals surface area contributed by atoms with Crippen LogP contribution in [-0.4, -0.2) is 43.2 Å². The molecule has 7 heteroatoms. The summed E-state index contributed by atoms with van der Waals surface area (Å²) in [6.45, 7) is 6.02. The van der Waals surface area contributed by atoms with E-state index in [2.05, 4.69) is 25.5 Å². The molecular formula is C19H26N6O. The number of amides is 2. The van der Waals surface area contributed by atoms with Crippen molar-refractivity contribution >= 4 is 29.2 Å². The van der Waals surface area contributed by atoms with E-state index >= 15 is 0 Å². The Bertz CT molecular complexity index is 799. The quantitative estimate of drug-likeness (QED) is 0.880. The van der Waals surface area contributed by atoms with E-state index in [1.54, 1.807) is 6.20 Å². The largest absolute Gasteiger partial charge is 0.361 e. The fraction of sp³-hybridized carbons (Fsp3) is 0.421. The molecule has 1 aliphatic rings. The minimum atomic E-state index is -0.311. The van der Waals surface area contributed by atoms with Crippen molar-refractivity contribution in [1.29, 1.82) is 0 Å². The fourth-order valence-corrected chi connectivity index (χ4v) is 2.97. The molecule has 1 aromatic heterocycles. The third-order valence-electron chi connectivity index (χ3n) is 4.58. The maximum absolute atomic E-state index is 12.4. The van der Waals surface area contributed by atoms with Crippen LogP contribution < -0.4 is 20.4 Å². The van der Waals surface area contributed by atoms with E-state index in [1.807, 2.05) is 51.0 Å². The summed E-state index contributed by atoms with van der Waals surface area (Å²) in [7, 11) is 3.81. The van der Waals surface area contributed by atoms with Gasteiger partial charge in [-0.05, 0) is 49.9 Å². The number of anilines is 4. The third kappa shape index (κ3) is 4.04. The molecule has 0 unspecified atom stereocenters. The van der Waals surface area contributed by atoms with E-state index in [-0.39, 0.29) is 6.03 Å². The predicted octanol–water partition coefficient (Wildman–Crippen LogP) is 3.40. The van der Waals surface area contributed by atoms with E-state index in [0.29, 0.717) is 17.5 Å². The highest BCUT2D eigenvalue weighted by Crippen LogP contribution is 2.25. The number of urea groups is 1. The van der Waals surface area contributed by atoms with Crippen LogP contribution in [0.1, 0.15) is 24.0 Å². The molecule has 0 bridgehead atoms. The van der Waals surface area contributed by atoms with Crippen LogP contribution in [0, 0.1) is 13.8 Å². The van der Waals surface area contributed by atoms with Crippen molar-refractivity contribution in [2.24, 2.45) is 0 Å². The van der Waals surface area contributed by atoms with Crippen LogP contribution in [-0.2, 0) is 0 Å². The molecule has 1 fully saturated rings. The van der Waals surface area contributed by atoms with Gasteiger partial charge >= 0.3 is 6.03 Å². The second-order valence-corrected chi connectivity index (χ2v) is 6.87. The smallest absolute Gasteiger partial charge is 0.323 e. The SMILES string of the molecule is Cc1ccc(NC(=O)Nc2cnc(N3CCCC3)nc2N(C)C)cc1C. The fourth-order valence-electron chi connectivity index (χ4n) is 2.97. The molecule has 26 heavy (non-hydrogen) atoms. The highest BCUT2D eigenvalue weighted by Gasteiger charge is 2.18. The summed E-state index contributed by atoms with van der Waals surface area (Å²) in [5, 5.41) is 5.72. The number of nitrogens with one attached hydrogen (secondary N) is 2. The number of rotatable bonds is 4. The Kier molecular flexibility index (Phi) is 5.25. The van der Waals surface area contributed by atoms with Crippen LogP contribution in [0.4, 0.5) is 27.9 Å². The van der Waals surface area contributed by atoms with E-state index in [4.69, 9.17) is 0 Å². The summed E-state index contributed by atoms with van der Waals surface area (Å²) in [6, 6.07) is 5.52. The van der Waals surface area contributed by atoms with Gasteiger partial charge in [0.15, 0.2) is 5.82 Å². The highest BCUT2D eigenvalue weighted by atomic mass is 16.2. The minimum Gasteiger partial charge on any atom is -0.361 e. The molecule has 1 aromatic carbocycles. The molecule has 0 aliphatic carbocycles. The molecule has 0 radical (unpaired) electrons. The lowest BCUT2D eigenvalue weighted by Gasteiger charge is -2.21. The van der Waals surface area contributed by atoms with Gasteiger partial charge in [-0.2, -0.15) is 4.98 Å². The number of hydrogen-bond acceptors (Lipinski definition) is 5. The van der Waals surface area contributed by atoms with Crippen LogP contribution in [0.5, 0.6) is 0 Å². The summed E-state index contributed by atoms with van der Waals surface area (Å²) >= 11 is 0. The van der Waals surface area contributed by atoms with Crippen LogP contribution in [0.3, 0.4) is 0 Å². The molecule has 2 N–H and O–H groups in total. The number of hydrogen-bond donors (Lipinski definition) is 2. The van der Waals surface area contributed by atoms with Crippen LogP contribution in [0.2, 0.25) is 0 Å². The van der Waals surface area contributed by atoms with Crippen molar-refractivity contribution in [3.63, 3.8) is 0 Å². The lowest BCUT2D eigenvalue weighted by Crippen LogP contribution is -2.25. The molecule has 2 amide bonds. The van der Waals surface area contributed by atoms with Gasteiger partial charge < -0.3 is 20.4 Å².